The molecule has 0 radical (unpaired) electrons. The monoisotopic (exact) mass is 231 g/mol. The van der Waals surface area contributed by atoms with E-state index < -0.39 is 0 Å². The summed E-state index contributed by atoms with van der Waals surface area (Å²) >= 11 is 5.52. The van der Waals surface area contributed by atoms with Crippen LogP contribution in [0.5, 0.6) is 0 Å². The molecule has 5 heteroatoms. The predicted molar refractivity (Wildman–Crippen MR) is 60.2 cm³/mol. The van der Waals surface area contributed by atoms with E-state index in [1.165, 1.54) is 11.3 Å². The van der Waals surface area contributed by atoms with Crippen LogP contribution in [0, 0.1) is 0 Å². The van der Waals surface area contributed by atoms with E-state index >= 15 is 0 Å². The molecule has 78 valence electrons. The van der Waals surface area contributed by atoms with Crippen molar-refractivity contribution in [3.8, 4) is 0 Å². The molecular weight excluding hydrogens is 218 g/mol. The lowest BCUT2D eigenvalue weighted by molar-refractivity contribution is 0.0736. The van der Waals surface area contributed by atoms with E-state index in [1.807, 2.05) is 12.3 Å². The van der Waals surface area contributed by atoms with Crippen LogP contribution in [0.1, 0.15) is 16.6 Å². The van der Waals surface area contributed by atoms with E-state index in [1.54, 1.807) is 11.0 Å². The van der Waals surface area contributed by atoms with Crippen LogP contribution in [0.3, 0.4) is 0 Å². The Bertz CT molecular complexity index is 312. The number of rotatable bonds is 4. The van der Waals surface area contributed by atoms with E-state index in [9.17, 15) is 4.79 Å². The predicted octanol–water partition coefficient (Wildman–Crippen LogP) is 1.49. The van der Waals surface area contributed by atoms with Crippen molar-refractivity contribution in [3.05, 3.63) is 16.3 Å². The third kappa shape index (κ3) is 2.73. The summed E-state index contributed by atoms with van der Waals surface area (Å²) in [6.07, 6.45) is 0. The number of carbonyl (C=O) groups excluding carboxylic acids is 1. The molecule has 1 rings (SSSR count). The number of aliphatic hydroxyl groups excluding tert-OH is 1. The SMILES string of the molecule is CCN(CCO)C(=O)c1cc(S)cs1. The molecule has 1 N–H and O–H groups in total. The Labute approximate surface area is 92.8 Å². The molecule has 0 aromatic carbocycles. The fourth-order valence-corrected chi connectivity index (χ4v) is 2.23. The molecule has 0 unspecified atom stereocenters. The molecule has 1 amide bonds. The number of carbonyl (C=O) groups is 1. The maximum Gasteiger partial charge on any atom is 0.264 e. The van der Waals surface area contributed by atoms with Gasteiger partial charge in [0.2, 0.25) is 0 Å². The minimum absolute atomic E-state index is 0.00130. The van der Waals surface area contributed by atoms with Crippen LogP contribution < -0.4 is 0 Å². The first-order valence-electron chi connectivity index (χ1n) is 4.36. The highest BCUT2D eigenvalue weighted by molar-refractivity contribution is 7.80. The van der Waals surface area contributed by atoms with E-state index in [0.717, 1.165) is 4.90 Å². The van der Waals surface area contributed by atoms with Gasteiger partial charge in [0.15, 0.2) is 0 Å². The highest BCUT2D eigenvalue weighted by Crippen LogP contribution is 2.19. The molecule has 0 fully saturated rings. The van der Waals surface area contributed by atoms with Crippen molar-refractivity contribution in [2.45, 2.75) is 11.8 Å². The van der Waals surface area contributed by atoms with Gasteiger partial charge in [-0.15, -0.1) is 24.0 Å². The van der Waals surface area contributed by atoms with Crippen molar-refractivity contribution < 1.29 is 9.90 Å². The van der Waals surface area contributed by atoms with Gasteiger partial charge in [-0.2, -0.15) is 0 Å². The van der Waals surface area contributed by atoms with Gasteiger partial charge >= 0.3 is 0 Å². The lowest BCUT2D eigenvalue weighted by atomic mass is 10.4. The summed E-state index contributed by atoms with van der Waals surface area (Å²) in [6, 6.07) is 1.75. The molecule has 0 saturated heterocycles. The van der Waals surface area contributed by atoms with Crippen LogP contribution in [-0.4, -0.2) is 35.6 Å². The number of amides is 1. The Morgan fingerprint density at radius 3 is 2.86 bits per heavy atom. The fraction of sp³-hybridized carbons (Fsp3) is 0.444. The first kappa shape index (κ1) is 11.6. The highest BCUT2D eigenvalue weighted by atomic mass is 32.1. The zero-order valence-corrected chi connectivity index (χ0v) is 9.65. The Kier molecular flexibility index (Phi) is 4.44. The smallest absolute Gasteiger partial charge is 0.264 e. The molecule has 1 aromatic heterocycles. The molecule has 0 bridgehead atoms. The summed E-state index contributed by atoms with van der Waals surface area (Å²) in [4.78, 5) is 14.9. The molecule has 1 aromatic rings. The van der Waals surface area contributed by atoms with Crippen LogP contribution >= 0.6 is 24.0 Å². The van der Waals surface area contributed by atoms with Gasteiger partial charge in [-0.05, 0) is 13.0 Å². The number of hydrogen-bond acceptors (Lipinski definition) is 4. The van der Waals surface area contributed by atoms with E-state index in [0.29, 0.717) is 18.0 Å². The van der Waals surface area contributed by atoms with Gasteiger partial charge in [-0.3, -0.25) is 4.79 Å². The van der Waals surface area contributed by atoms with Gasteiger partial charge in [-0.25, -0.2) is 0 Å². The van der Waals surface area contributed by atoms with E-state index in [4.69, 9.17) is 5.11 Å². The molecule has 1 heterocycles. The summed E-state index contributed by atoms with van der Waals surface area (Å²) in [6.45, 7) is 2.88. The summed E-state index contributed by atoms with van der Waals surface area (Å²) in [5, 5.41) is 10.6. The summed E-state index contributed by atoms with van der Waals surface area (Å²) < 4.78 is 0. The second kappa shape index (κ2) is 5.38. The molecule has 14 heavy (non-hydrogen) atoms. The Morgan fingerprint density at radius 1 is 1.71 bits per heavy atom. The van der Waals surface area contributed by atoms with Crippen LogP contribution in [0.15, 0.2) is 16.3 Å². The highest BCUT2D eigenvalue weighted by Gasteiger charge is 2.14. The first-order chi connectivity index (χ1) is 6.69. The van der Waals surface area contributed by atoms with Crippen molar-refractivity contribution in [3.63, 3.8) is 0 Å². The molecule has 0 aliphatic heterocycles. The van der Waals surface area contributed by atoms with Gasteiger partial charge in [0.05, 0.1) is 11.5 Å². The van der Waals surface area contributed by atoms with Crippen molar-refractivity contribution in [1.82, 2.24) is 4.90 Å². The average molecular weight is 231 g/mol. The summed E-state index contributed by atoms with van der Waals surface area (Å²) in [5.41, 5.74) is 0. The van der Waals surface area contributed by atoms with Crippen molar-refractivity contribution in [2.75, 3.05) is 19.7 Å². The summed E-state index contributed by atoms with van der Waals surface area (Å²) in [5.74, 6) is -0.0353. The van der Waals surface area contributed by atoms with Crippen LogP contribution in [-0.2, 0) is 0 Å². The van der Waals surface area contributed by atoms with Crippen LogP contribution in [0.4, 0.5) is 0 Å². The second-order valence-corrected chi connectivity index (χ2v) is 4.21. The Hall–Kier alpha value is -0.520. The zero-order chi connectivity index (χ0) is 10.6. The minimum atomic E-state index is -0.0353. The number of thiophene rings is 1. The summed E-state index contributed by atoms with van der Waals surface area (Å²) in [7, 11) is 0. The van der Waals surface area contributed by atoms with Crippen molar-refractivity contribution >= 4 is 29.9 Å². The fourth-order valence-electron chi connectivity index (χ4n) is 1.12. The van der Waals surface area contributed by atoms with Gasteiger partial charge in [0.25, 0.3) is 5.91 Å². The zero-order valence-electron chi connectivity index (χ0n) is 7.93. The lowest BCUT2D eigenvalue weighted by Gasteiger charge is -2.18. The Morgan fingerprint density at radius 2 is 2.43 bits per heavy atom. The van der Waals surface area contributed by atoms with Gasteiger partial charge in [-0.1, -0.05) is 0 Å². The third-order valence-corrected chi connectivity index (χ3v) is 3.19. The molecule has 0 atom stereocenters. The van der Waals surface area contributed by atoms with Gasteiger partial charge in [0, 0.05) is 23.4 Å². The number of aliphatic hydroxyl groups is 1. The first-order valence-corrected chi connectivity index (χ1v) is 5.69. The van der Waals surface area contributed by atoms with Gasteiger partial charge < -0.3 is 10.0 Å². The number of thiol groups is 1. The Balaban J connectivity index is 2.72. The quantitative estimate of drug-likeness (QED) is 0.771. The van der Waals surface area contributed by atoms with E-state index in [2.05, 4.69) is 12.6 Å². The molecule has 0 aliphatic carbocycles. The minimum Gasteiger partial charge on any atom is -0.395 e. The molecule has 0 saturated carbocycles. The molecule has 0 spiro atoms. The average Bonchev–Trinajstić information content (AvgIpc) is 2.60. The number of hydrogen-bond donors (Lipinski definition) is 2. The standard InChI is InChI=1S/C9H13NO2S2/c1-2-10(3-4-11)9(12)8-5-7(13)6-14-8/h5-6,11,13H,2-4H2,1H3. The van der Waals surface area contributed by atoms with Gasteiger partial charge in [0.1, 0.15) is 0 Å². The second-order valence-electron chi connectivity index (χ2n) is 2.78. The normalized spacial score (nSPS) is 10.2. The topological polar surface area (TPSA) is 40.5 Å². The van der Waals surface area contributed by atoms with Crippen LogP contribution in [0.25, 0.3) is 0 Å². The number of likely N-dealkylation sites (N-methyl/N-ethyl adjacent to an activating group) is 1. The van der Waals surface area contributed by atoms with E-state index in [-0.39, 0.29) is 12.5 Å². The van der Waals surface area contributed by atoms with Crippen molar-refractivity contribution in [2.24, 2.45) is 0 Å². The molecule has 0 aliphatic rings. The molecular formula is C9H13NO2S2. The lowest BCUT2D eigenvalue weighted by Crippen LogP contribution is -2.32. The number of nitrogens with zero attached hydrogens (tertiary/aromatic N) is 1. The third-order valence-electron chi connectivity index (χ3n) is 1.84. The maximum absolute atomic E-state index is 11.8. The maximum atomic E-state index is 11.8. The van der Waals surface area contributed by atoms with Crippen molar-refractivity contribution in [1.29, 1.82) is 0 Å². The molecule has 3 nitrogen and oxygen atoms in total. The largest absolute Gasteiger partial charge is 0.395 e. The van der Waals surface area contributed by atoms with Crippen LogP contribution in [0.2, 0.25) is 0 Å².